The molecule has 0 amide bonds. The second-order valence-electron chi connectivity index (χ2n) is 8.23. The molecule has 0 N–H and O–H groups in total. The molecule has 1 fully saturated rings. The number of hydrogen-bond donors (Lipinski definition) is 0. The van der Waals surface area contributed by atoms with Crippen LogP contribution in [0.5, 0.6) is 0 Å². The third-order valence-electron chi connectivity index (χ3n) is 6.40. The van der Waals surface area contributed by atoms with E-state index in [2.05, 4.69) is 24.7 Å². The summed E-state index contributed by atoms with van der Waals surface area (Å²) in [5.74, 6) is 0. The Morgan fingerprint density at radius 2 is 1.33 bits per heavy atom. The van der Waals surface area contributed by atoms with Gasteiger partial charge in [-0.3, -0.25) is 0 Å². The second kappa shape index (κ2) is 12.0. The highest BCUT2D eigenvalue weighted by Crippen LogP contribution is 2.31. The van der Waals surface area contributed by atoms with Crippen LogP contribution < -0.4 is 0 Å². The van der Waals surface area contributed by atoms with Gasteiger partial charge in [0, 0.05) is 6.04 Å². The summed E-state index contributed by atoms with van der Waals surface area (Å²) in [6.45, 7) is 5.58. The van der Waals surface area contributed by atoms with E-state index in [1.807, 2.05) is 0 Å². The fourth-order valence-electron chi connectivity index (χ4n) is 4.92. The fraction of sp³-hybridized carbons (Fsp3) is 0.909. The van der Waals surface area contributed by atoms with Crippen molar-refractivity contribution in [2.45, 2.75) is 129 Å². The Morgan fingerprint density at radius 3 is 1.96 bits per heavy atom. The molecular formula is C22H42BN. The highest BCUT2D eigenvalue weighted by molar-refractivity contribution is 6.56. The summed E-state index contributed by atoms with van der Waals surface area (Å²) in [4.78, 5) is 2.94. The van der Waals surface area contributed by atoms with Crippen LogP contribution in [0.15, 0.2) is 11.8 Å². The molecule has 0 bridgehead atoms. The predicted molar refractivity (Wildman–Crippen MR) is 110 cm³/mol. The van der Waals surface area contributed by atoms with Crippen molar-refractivity contribution in [3.63, 3.8) is 0 Å². The van der Waals surface area contributed by atoms with Gasteiger partial charge in [-0.25, -0.2) is 0 Å². The normalized spacial score (nSPS) is 24.3. The van der Waals surface area contributed by atoms with Gasteiger partial charge in [-0.05, 0) is 44.2 Å². The molecule has 0 aliphatic heterocycles. The predicted octanol–water partition coefficient (Wildman–Crippen LogP) is 7.45. The third kappa shape index (κ3) is 6.49. The molecule has 0 unspecified atom stereocenters. The monoisotopic (exact) mass is 331 g/mol. The summed E-state index contributed by atoms with van der Waals surface area (Å²) in [6, 6.07) is 0.836. The summed E-state index contributed by atoms with van der Waals surface area (Å²) >= 11 is 0. The van der Waals surface area contributed by atoms with E-state index >= 15 is 0 Å². The zero-order chi connectivity index (χ0) is 17.0. The Bertz CT molecular complexity index is 342. The lowest BCUT2D eigenvalue weighted by atomic mass is 9.53. The molecule has 0 aromatic rings. The Labute approximate surface area is 152 Å². The first-order valence-corrected chi connectivity index (χ1v) is 11.3. The molecule has 2 aliphatic carbocycles. The quantitative estimate of drug-likeness (QED) is 0.473. The standard InChI is InChI=1S/C22H42BN/c1-3-23(4-2)24(22-19-15-12-16-20-22)21-17-13-10-8-6-5-7-9-11-14-18-21/h17,22H,3-16,18-20H2,1-2H3/b21-17+. The van der Waals surface area contributed by atoms with Gasteiger partial charge in [0.25, 0.3) is 6.85 Å². The van der Waals surface area contributed by atoms with Crippen molar-refractivity contribution in [2.24, 2.45) is 0 Å². The van der Waals surface area contributed by atoms with E-state index in [-0.39, 0.29) is 0 Å². The second-order valence-corrected chi connectivity index (χ2v) is 8.23. The fourth-order valence-corrected chi connectivity index (χ4v) is 4.92. The minimum absolute atomic E-state index is 0.771. The average Bonchev–Trinajstić information content (AvgIpc) is 2.61. The van der Waals surface area contributed by atoms with Crippen molar-refractivity contribution >= 4 is 6.85 Å². The first kappa shape index (κ1) is 19.9. The number of rotatable bonds is 5. The van der Waals surface area contributed by atoms with Crippen molar-refractivity contribution in [2.75, 3.05) is 0 Å². The Morgan fingerprint density at radius 1 is 0.792 bits per heavy atom. The molecule has 0 radical (unpaired) electrons. The molecule has 2 heteroatoms. The van der Waals surface area contributed by atoms with E-state index in [9.17, 15) is 0 Å². The molecule has 0 aromatic carbocycles. The highest BCUT2D eigenvalue weighted by Gasteiger charge is 2.29. The Kier molecular flexibility index (Phi) is 9.99. The third-order valence-corrected chi connectivity index (χ3v) is 6.40. The van der Waals surface area contributed by atoms with E-state index in [1.54, 1.807) is 5.70 Å². The van der Waals surface area contributed by atoms with Gasteiger partial charge in [0.15, 0.2) is 0 Å². The first-order chi connectivity index (χ1) is 11.9. The Balaban J connectivity index is 2.11. The maximum atomic E-state index is 2.94. The molecule has 2 rings (SSSR count). The number of nitrogens with zero attached hydrogens (tertiary/aromatic N) is 1. The summed E-state index contributed by atoms with van der Waals surface area (Å²) < 4.78 is 0. The molecule has 24 heavy (non-hydrogen) atoms. The highest BCUT2D eigenvalue weighted by atomic mass is 15.1. The average molecular weight is 331 g/mol. The van der Waals surface area contributed by atoms with Crippen LogP contribution in [0.3, 0.4) is 0 Å². The zero-order valence-corrected chi connectivity index (χ0v) is 16.7. The molecular weight excluding hydrogens is 289 g/mol. The van der Waals surface area contributed by atoms with Gasteiger partial charge in [0.2, 0.25) is 0 Å². The van der Waals surface area contributed by atoms with Crippen LogP contribution in [0.4, 0.5) is 0 Å². The molecule has 1 saturated carbocycles. The van der Waals surface area contributed by atoms with Crippen molar-refractivity contribution < 1.29 is 0 Å². The molecule has 0 spiro atoms. The minimum Gasteiger partial charge on any atom is -0.416 e. The lowest BCUT2D eigenvalue weighted by Gasteiger charge is -2.42. The molecule has 2 aliphatic rings. The van der Waals surface area contributed by atoms with Gasteiger partial charge in [0.05, 0.1) is 0 Å². The van der Waals surface area contributed by atoms with Crippen molar-refractivity contribution in [3.05, 3.63) is 11.8 Å². The molecule has 0 aromatic heterocycles. The largest absolute Gasteiger partial charge is 0.416 e. The SMILES string of the molecule is CCB(CC)N(/C1=C/CCCCCCCCCC1)C1CCCCC1. The van der Waals surface area contributed by atoms with Crippen molar-refractivity contribution in [1.82, 2.24) is 4.81 Å². The lowest BCUT2D eigenvalue weighted by molar-refractivity contribution is 0.281. The number of allylic oxidation sites excluding steroid dienone is 2. The van der Waals surface area contributed by atoms with Gasteiger partial charge < -0.3 is 4.81 Å². The summed E-state index contributed by atoms with van der Waals surface area (Å²) in [7, 11) is 0. The molecule has 0 saturated heterocycles. The van der Waals surface area contributed by atoms with Crippen molar-refractivity contribution in [3.8, 4) is 0 Å². The topological polar surface area (TPSA) is 3.24 Å². The maximum absolute atomic E-state index is 2.94. The van der Waals surface area contributed by atoms with Gasteiger partial charge in [-0.15, -0.1) is 0 Å². The first-order valence-electron chi connectivity index (χ1n) is 11.3. The van der Waals surface area contributed by atoms with Crippen LogP contribution >= 0.6 is 0 Å². The van der Waals surface area contributed by atoms with Crippen LogP contribution in [-0.2, 0) is 0 Å². The maximum Gasteiger partial charge on any atom is 0.253 e. The van der Waals surface area contributed by atoms with Crippen LogP contribution in [0.1, 0.15) is 110 Å². The van der Waals surface area contributed by atoms with Crippen LogP contribution in [0.25, 0.3) is 0 Å². The summed E-state index contributed by atoms with van der Waals surface area (Å²) in [5.41, 5.74) is 1.73. The summed E-state index contributed by atoms with van der Waals surface area (Å²) in [5, 5.41) is 0. The summed E-state index contributed by atoms with van der Waals surface area (Å²) in [6.07, 6.45) is 26.8. The zero-order valence-electron chi connectivity index (χ0n) is 16.7. The van der Waals surface area contributed by atoms with Crippen LogP contribution in [-0.4, -0.2) is 17.7 Å². The Hall–Kier alpha value is -0.395. The van der Waals surface area contributed by atoms with Gasteiger partial charge in [0.1, 0.15) is 0 Å². The molecule has 0 atom stereocenters. The smallest absolute Gasteiger partial charge is 0.253 e. The van der Waals surface area contributed by atoms with E-state index in [0.717, 1.165) is 12.9 Å². The van der Waals surface area contributed by atoms with Crippen molar-refractivity contribution in [1.29, 1.82) is 0 Å². The van der Waals surface area contributed by atoms with Crippen LogP contribution in [0, 0.1) is 0 Å². The van der Waals surface area contributed by atoms with E-state index in [1.165, 1.54) is 109 Å². The lowest BCUT2D eigenvalue weighted by Crippen LogP contribution is -2.46. The number of hydrogen-bond acceptors (Lipinski definition) is 1. The molecule has 1 nitrogen and oxygen atoms in total. The van der Waals surface area contributed by atoms with E-state index < -0.39 is 0 Å². The van der Waals surface area contributed by atoms with Crippen LogP contribution in [0.2, 0.25) is 12.6 Å². The van der Waals surface area contributed by atoms with Gasteiger partial charge >= 0.3 is 0 Å². The van der Waals surface area contributed by atoms with E-state index in [0.29, 0.717) is 0 Å². The van der Waals surface area contributed by atoms with Gasteiger partial charge in [-0.1, -0.05) is 90.4 Å². The molecule has 0 heterocycles. The van der Waals surface area contributed by atoms with Gasteiger partial charge in [-0.2, -0.15) is 0 Å². The molecule has 138 valence electrons. The minimum atomic E-state index is 0.771. The van der Waals surface area contributed by atoms with E-state index in [4.69, 9.17) is 0 Å².